The zero-order chi connectivity index (χ0) is 19.4. The predicted octanol–water partition coefficient (Wildman–Crippen LogP) is 5.50. The van der Waals surface area contributed by atoms with Crippen molar-refractivity contribution in [1.29, 1.82) is 0 Å². The van der Waals surface area contributed by atoms with Crippen LogP contribution in [0.4, 0.5) is 5.69 Å². The maximum absolute atomic E-state index is 12.5. The molecule has 27 heavy (non-hydrogen) atoms. The van der Waals surface area contributed by atoms with E-state index >= 15 is 0 Å². The third-order valence-corrected chi connectivity index (χ3v) is 4.41. The maximum Gasteiger partial charge on any atom is 0.273 e. The van der Waals surface area contributed by atoms with Crippen molar-refractivity contribution in [1.82, 2.24) is 10.2 Å². The maximum atomic E-state index is 12.5. The third kappa shape index (κ3) is 4.49. The zero-order valence-corrected chi connectivity index (χ0v) is 16.3. The van der Waals surface area contributed by atoms with Gasteiger partial charge in [0.15, 0.2) is 0 Å². The summed E-state index contributed by atoms with van der Waals surface area (Å²) in [6.07, 6.45) is 0. The molecule has 0 spiro atoms. The van der Waals surface area contributed by atoms with Crippen LogP contribution in [0, 0.1) is 0 Å². The molecular formula is C21H22ClN3O2. The molecule has 1 heterocycles. The smallest absolute Gasteiger partial charge is 0.273 e. The van der Waals surface area contributed by atoms with Crippen molar-refractivity contribution in [3.05, 3.63) is 64.8 Å². The van der Waals surface area contributed by atoms with Gasteiger partial charge in [-0.15, -0.1) is 0 Å². The highest BCUT2D eigenvalue weighted by molar-refractivity contribution is 6.31. The highest BCUT2D eigenvalue weighted by Crippen LogP contribution is 2.32. The Hall–Kier alpha value is -2.79. The molecule has 0 aliphatic rings. The number of aromatic nitrogens is 2. The highest BCUT2D eigenvalue weighted by atomic mass is 35.5. The number of nitrogens with one attached hydrogen (secondary N) is 2. The molecule has 2 aromatic carbocycles. The number of benzene rings is 2. The van der Waals surface area contributed by atoms with Crippen LogP contribution in [0.15, 0.2) is 48.5 Å². The first-order valence-corrected chi connectivity index (χ1v) is 9.25. The Morgan fingerprint density at radius 1 is 1.19 bits per heavy atom. The van der Waals surface area contributed by atoms with E-state index < -0.39 is 0 Å². The Labute approximate surface area is 163 Å². The number of H-pyrrole nitrogens is 1. The Bertz CT molecular complexity index is 933. The van der Waals surface area contributed by atoms with Crippen LogP contribution in [0.3, 0.4) is 0 Å². The van der Waals surface area contributed by atoms with Gasteiger partial charge in [0.2, 0.25) is 0 Å². The lowest BCUT2D eigenvalue weighted by Crippen LogP contribution is -2.12. The standard InChI is InChI=1S/C21H22ClN3O2/c1-4-27-20-10-7-15(22)11-17(20)18-12-19(25-24-18)21(26)23-16-8-5-14(6-9-16)13(2)3/h5-13H,4H2,1-3H3,(H,23,26)(H,24,25). The van der Waals surface area contributed by atoms with E-state index in [4.69, 9.17) is 16.3 Å². The van der Waals surface area contributed by atoms with Crippen LogP contribution in [-0.4, -0.2) is 22.7 Å². The molecule has 6 heteroatoms. The molecule has 0 radical (unpaired) electrons. The summed E-state index contributed by atoms with van der Waals surface area (Å²) in [6, 6.07) is 14.8. The van der Waals surface area contributed by atoms with Gasteiger partial charge in [-0.25, -0.2) is 0 Å². The lowest BCUT2D eigenvalue weighted by Gasteiger charge is -2.08. The van der Waals surface area contributed by atoms with Crippen molar-refractivity contribution in [2.24, 2.45) is 0 Å². The van der Waals surface area contributed by atoms with Gasteiger partial charge >= 0.3 is 0 Å². The summed E-state index contributed by atoms with van der Waals surface area (Å²) in [5, 5.41) is 10.5. The molecule has 1 amide bonds. The van der Waals surface area contributed by atoms with Crippen molar-refractivity contribution in [3.63, 3.8) is 0 Å². The van der Waals surface area contributed by atoms with E-state index in [2.05, 4.69) is 29.4 Å². The molecule has 3 rings (SSSR count). The van der Waals surface area contributed by atoms with Crippen LogP contribution in [0.5, 0.6) is 5.75 Å². The topological polar surface area (TPSA) is 67.0 Å². The Balaban J connectivity index is 1.79. The van der Waals surface area contributed by atoms with Crippen molar-refractivity contribution in [2.75, 3.05) is 11.9 Å². The van der Waals surface area contributed by atoms with E-state index in [0.717, 1.165) is 11.3 Å². The largest absolute Gasteiger partial charge is 0.493 e. The van der Waals surface area contributed by atoms with Crippen LogP contribution in [0.25, 0.3) is 11.3 Å². The van der Waals surface area contributed by atoms with Crippen LogP contribution in [-0.2, 0) is 0 Å². The van der Waals surface area contributed by atoms with Crippen molar-refractivity contribution >= 4 is 23.2 Å². The highest BCUT2D eigenvalue weighted by Gasteiger charge is 2.15. The first-order valence-electron chi connectivity index (χ1n) is 8.87. The fourth-order valence-corrected chi connectivity index (χ4v) is 2.88. The third-order valence-electron chi connectivity index (χ3n) is 4.18. The minimum absolute atomic E-state index is 0.258. The average Bonchev–Trinajstić information content (AvgIpc) is 3.14. The molecule has 0 bridgehead atoms. The summed E-state index contributed by atoms with van der Waals surface area (Å²) in [6.45, 7) is 6.70. The summed E-state index contributed by atoms with van der Waals surface area (Å²) >= 11 is 6.11. The molecule has 0 unspecified atom stereocenters. The molecule has 1 aromatic heterocycles. The van der Waals surface area contributed by atoms with E-state index in [9.17, 15) is 4.79 Å². The summed E-state index contributed by atoms with van der Waals surface area (Å²) in [4.78, 5) is 12.5. The van der Waals surface area contributed by atoms with Crippen molar-refractivity contribution in [2.45, 2.75) is 26.7 Å². The van der Waals surface area contributed by atoms with Gasteiger partial charge in [0, 0.05) is 16.3 Å². The molecule has 5 nitrogen and oxygen atoms in total. The van der Waals surface area contributed by atoms with Crippen LogP contribution < -0.4 is 10.1 Å². The number of carbonyl (C=O) groups excluding carboxylic acids is 1. The summed E-state index contributed by atoms with van der Waals surface area (Å²) in [5.74, 6) is 0.859. The number of carbonyl (C=O) groups is 1. The molecule has 3 aromatic rings. The zero-order valence-electron chi connectivity index (χ0n) is 15.5. The number of hydrogen-bond donors (Lipinski definition) is 2. The second kappa shape index (κ2) is 8.27. The Kier molecular flexibility index (Phi) is 5.81. The van der Waals surface area contributed by atoms with Gasteiger partial charge in [-0.2, -0.15) is 5.10 Å². The predicted molar refractivity (Wildman–Crippen MR) is 109 cm³/mol. The first kappa shape index (κ1) is 19.0. The molecule has 0 aliphatic carbocycles. The molecule has 0 atom stereocenters. The van der Waals surface area contributed by atoms with Gasteiger partial charge in [-0.05, 0) is 54.8 Å². The Morgan fingerprint density at radius 2 is 1.93 bits per heavy atom. The van der Waals surface area contributed by atoms with Crippen LogP contribution in [0.1, 0.15) is 42.7 Å². The number of amides is 1. The van der Waals surface area contributed by atoms with Gasteiger partial charge in [-0.3, -0.25) is 9.89 Å². The van der Waals surface area contributed by atoms with E-state index in [1.54, 1.807) is 24.3 Å². The van der Waals surface area contributed by atoms with E-state index in [1.165, 1.54) is 5.56 Å². The number of nitrogens with zero attached hydrogens (tertiary/aromatic N) is 1. The monoisotopic (exact) mass is 383 g/mol. The van der Waals surface area contributed by atoms with E-state index in [1.807, 2.05) is 31.2 Å². The SMILES string of the molecule is CCOc1ccc(Cl)cc1-c1cc(C(=O)Nc2ccc(C(C)C)cc2)[nH]n1. The number of hydrogen-bond acceptors (Lipinski definition) is 3. The van der Waals surface area contributed by atoms with Gasteiger partial charge in [-0.1, -0.05) is 37.6 Å². The van der Waals surface area contributed by atoms with Gasteiger partial charge in [0.25, 0.3) is 5.91 Å². The molecule has 0 fully saturated rings. The van der Waals surface area contributed by atoms with E-state index in [0.29, 0.717) is 34.7 Å². The molecule has 140 valence electrons. The lowest BCUT2D eigenvalue weighted by molar-refractivity contribution is 0.102. The molecular weight excluding hydrogens is 362 g/mol. The van der Waals surface area contributed by atoms with Gasteiger partial charge in [0.1, 0.15) is 11.4 Å². The lowest BCUT2D eigenvalue weighted by atomic mass is 10.0. The minimum Gasteiger partial charge on any atom is -0.493 e. The first-order chi connectivity index (χ1) is 13.0. The average molecular weight is 384 g/mol. The fourth-order valence-electron chi connectivity index (χ4n) is 2.71. The number of aromatic amines is 1. The molecule has 0 aliphatic heterocycles. The number of anilines is 1. The van der Waals surface area contributed by atoms with Crippen LogP contribution >= 0.6 is 11.6 Å². The number of halogens is 1. The minimum atomic E-state index is -0.258. The summed E-state index contributed by atoms with van der Waals surface area (Å²) in [7, 11) is 0. The van der Waals surface area contributed by atoms with Crippen LogP contribution in [0.2, 0.25) is 5.02 Å². The Morgan fingerprint density at radius 3 is 2.59 bits per heavy atom. The summed E-state index contributed by atoms with van der Waals surface area (Å²) in [5.41, 5.74) is 3.65. The molecule has 0 saturated carbocycles. The fraction of sp³-hybridized carbons (Fsp3) is 0.238. The van der Waals surface area contributed by atoms with Crippen molar-refractivity contribution < 1.29 is 9.53 Å². The second-order valence-electron chi connectivity index (χ2n) is 6.47. The molecule has 2 N–H and O–H groups in total. The van der Waals surface area contributed by atoms with E-state index in [-0.39, 0.29) is 5.91 Å². The number of ether oxygens (including phenoxy) is 1. The molecule has 0 saturated heterocycles. The number of rotatable bonds is 6. The summed E-state index contributed by atoms with van der Waals surface area (Å²) < 4.78 is 5.63. The van der Waals surface area contributed by atoms with Crippen molar-refractivity contribution in [3.8, 4) is 17.0 Å². The second-order valence-corrected chi connectivity index (χ2v) is 6.91. The van der Waals surface area contributed by atoms with Gasteiger partial charge in [0.05, 0.1) is 12.3 Å². The quantitative estimate of drug-likeness (QED) is 0.590. The van der Waals surface area contributed by atoms with Gasteiger partial charge < -0.3 is 10.1 Å². The normalized spacial score (nSPS) is 10.9.